The van der Waals surface area contributed by atoms with Crippen molar-refractivity contribution < 1.29 is 24.2 Å². The van der Waals surface area contributed by atoms with Crippen LogP contribution in [-0.4, -0.2) is 38.7 Å². The number of carbonyl (C=O) groups is 2. The molecule has 0 aliphatic rings. The molecule has 8 heteroatoms. The minimum Gasteiger partial charge on any atom is -0.481 e. The number of nitrogens with one attached hydrogen (secondary N) is 1. The van der Waals surface area contributed by atoms with Crippen molar-refractivity contribution in [1.29, 1.82) is 0 Å². The lowest BCUT2D eigenvalue weighted by Crippen LogP contribution is -2.29. The molecule has 4 rings (SSSR count). The van der Waals surface area contributed by atoms with Crippen molar-refractivity contribution in [2.24, 2.45) is 5.92 Å². The topological polar surface area (TPSA) is 112 Å². The van der Waals surface area contributed by atoms with Crippen molar-refractivity contribution in [2.45, 2.75) is 38.6 Å². The molecule has 3 aromatic carbocycles. The number of benzene rings is 3. The smallest absolute Gasteiger partial charge is 0.306 e. The summed E-state index contributed by atoms with van der Waals surface area (Å²) >= 11 is 0. The van der Waals surface area contributed by atoms with Crippen LogP contribution in [-0.2, 0) is 11.2 Å². The van der Waals surface area contributed by atoms with Crippen LogP contribution in [0.2, 0.25) is 0 Å². The number of hydrogen-bond donors (Lipinski definition) is 3. The quantitative estimate of drug-likeness (QED) is 0.249. The van der Waals surface area contributed by atoms with E-state index in [1.54, 1.807) is 37.3 Å². The minimum atomic E-state index is -0.848. The van der Waals surface area contributed by atoms with Gasteiger partial charge in [0.15, 0.2) is 0 Å². The third-order valence-electron chi connectivity index (χ3n) is 6.51. The van der Waals surface area contributed by atoms with Crippen LogP contribution >= 0.6 is 0 Å². The largest absolute Gasteiger partial charge is 0.481 e. The molecule has 0 fully saturated rings. The Balaban J connectivity index is 1.64. The Bertz CT molecular complexity index is 1410. The zero-order chi connectivity index (χ0) is 27.1. The molecule has 1 aromatic heterocycles. The maximum Gasteiger partial charge on any atom is 0.306 e. The summed E-state index contributed by atoms with van der Waals surface area (Å²) in [4.78, 5) is 34.0. The fraction of sp³-hybridized carbons (Fsp3) is 0.267. The van der Waals surface area contributed by atoms with E-state index in [1.807, 2.05) is 30.3 Å². The zero-order valence-corrected chi connectivity index (χ0v) is 21.1. The molecule has 1 amide bonds. The van der Waals surface area contributed by atoms with E-state index in [2.05, 4.69) is 5.32 Å². The highest BCUT2D eigenvalue weighted by Crippen LogP contribution is 2.26. The predicted octanol–water partition coefficient (Wildman–Crippen LogP) is 5.33. The van der Waals surface area contributed by atoms with E-state index in [1.165, 1.54) is 12.1 Å². The lowest BCUT2D eigenvalue weighted by Gasteiger charge is -2.18. The first-order chi connectivity index (χ1) is 18.4. The van der Waals surface area contributed by atoms with Gasteiger partial charge in [0.25, 0.3) is 5.91 Å². The maximum atomic E-state index is 13.5. The summed E-state index contributed by atoms with van der Waals surface area (Å²) < 4.78 is 13.5. The molecule has 0 saturated heterocycles. The number of hydrogen-bond acceptors (Lipinski definition) is 5. The fourth-order valence-electron chi connectivity index (χ4n) is 4.32. The molecule has 4 aromatic rings. The van der Waals surface area contributed by atoms with Gasteiger partial charge in [0.05, 0.1) is 34.4 Å². The highest BCUT2D eigenvalue weighted by molar-refractivity contribution is 5.97. The number of aromatic nitrogens is 2. The van der Waals surface area contributed by atoms with Crippen molar-refractivity contribution in [3.8, 4) is 11.3 Å². The standard InChI is InChI=1S/C30H30FN3O4/c1-19(30(37)38)6-5-9-26-28(21-10-13-23(31)14-11-21)33-25-15-12-22(18-27(25)32-26)29(36)34-24(16-17-35)20-7-3-2-4-8-20/h2-4,7-8,10-15,18-19,24,35H,5-6,9,16-17H2,1H3,(H,34,36)(H,37,38)/t19?,24-/m0/s1. The van der Waals surface area contributed by atoms with Gasteiger partial charge in [-0.2, -0.15) is 0 Å². The van der Waals surface area contributed by atoms with Gasteiger partial charge in [-0.05, 0) is 73.7 Å². The van der Waals surface area contributed by atoms with Gasteiger partial charge in [-0.15, -0.1) is 0 Å². The first-order valence-corrected chi connectivity index (χ1v) is 12.6. The SMILES string of the molecule is CC(CCCc1nc2cc(C(=O)N[C@@H](CCO)c3ccccc3)ccc2nc1-c1ccc(F)cc1)C(=O)O. The van der Waals surface area contributed by atoms with Crippen LogP contribution in [0.3, 0.4) is 0 Å². The third kappa shape index (κ3) is 6.58. The monoisotopic (exact) mass is 515 g/mol. The number of nitrogens with zero attached hydrogens (tertiary/aromatic N) is 2. The second-order valence-corrected chi connectivity index (χ2v) is 9.31. The van der Waals surface area contributed by atoms with Gasteiger partial charge < -0.3 is 15.5 Å². The van der Waals surface area contributed by atoms with Crippen molar-refractivity contribution in [3.63, 3.8) is 0 Å². The van der Waals surface area contributed by atoms with Crippen LogP contribution in [0.25, 0.3) is 22.3 Å². The van der Waals surface area contributed by atoms with Crippen molar-refractivity contribution in [2.75, 3.05) is 6.61 Å². The first kappa shape index (κ1) is 26.9. The molecule has 3 N–H and O–H groups in total. The summed E-state index contributed by atoms with van der Waals surface area (Å²) in [5, 5.41) is 21.7. The third-order valence-corrected chi connectivity index (χ3v) is 6.51. The lowest BCUT2D eigenvalue weighted by atomic mass is 10.0. The molecule has 2 atom stereocenters. The second-order valence-electron chi connectivity index (χ2n) is 9.31. The first-order valence-electron chi connectivity index (χ1n) is 12.6. The molecule has 0 aliphatic carbocycles. The van der Waals surface area contributed by atoms with Crippen LogP contribution in [0.5, 0.6) is 0 Å². The van der Waals surface area contributed by atoms with Gasteiger partial charge >= 0.3 is 5.97 Å². The highest BCUT2D eigenvalue weighted by Gasteiger charge is 2.18. The Morgan fingerprint density at radius 2 is 1.68 bits per heavy atom. The van der Waals surface area contributed by atoms with E-state index in [4.69, 9.17) is 9.97 Å². The molecule has 0 spiro atoms. The molecule has 1 unspecified atom stereocenters. The molecule has 7 nitrogen and oxygen atoms in total. The van der Waals surface area contributed by atoms with Crippen molar-refractivity contribution in [1.82, 2.24) is 15.3 Å². The summed E-state index contributed by atoms with van der Waals surface area (Å²) in [7, 11) is 0. The number of aliphatic hydroxyl groups excluding tert-OH is 1. The molecule has 0 bridgehead atoms. The normalized spacial score (nSPS) is 12.7. The van der Waals surface area contributed by atoms with Crippen molar-refractivity contribution in [3.05, 3.63) is 95.4 Å². The van der Waals surface area contributed by atoms with E-state index in [0.29, 0.717) is 59.2 Å². The Morgan fingerprint density at radius 1 is 0.947 bits per heavy atom. The van der Waals surface area contributed by atoms with Crippen LogP contribution in [0.4, 0.5) is 4.39 Å². The minimum absolute atomic E-state index is 0.0704. The molecule has 196 valence electrons. The number of fused-ring (bicyclic) bond motifs is 1. The lowest BCUT2D eigenvalue weighted by molar-refractivity contribution is -0.141. The Morgan fingerprint density at radius 3 is 2.37 bits per heavy atom. The van der Waals surface area contributed by atoms with Gasteiger partial charge in [-0.25, -0.2) is 14.4 Å². The van der Waals surface area contributed by atoms with E-state index in [0.717, 1.165) is 5.56 Å². The second kappa shape index (κ2) is 12.4. The number of carboxylic acid groups (broad SMARTS) is 1. The number of aryl methyl sites for hydroxylation is 1. The Hall–Kier alpha value is -4.17. The average Bonchev–Trinajstić information content (AvgIpc) is 2.93. The van der Waals surface area contributed by atoms with E-state index in [-0.39, 0.29) is 24.4 Å². The van der Waals surface area contributed by atoms with Gasteiger partial charge in [0.1, 0.15) is 5.82 Å². The summed E-state index contributed by atoms with van der Waals surface area (Å²) in [6.07, 6.45) is 1.92. The summed E-state index contributed by atoms with van der Waals surface area (Å²) in [5.74, 6) is -1.98. The summed E-state index contributed by atoms with van der Waals surface area (Å²) in [6.45, 7) is 1.60. The van der Waals surface area contributed by atoms with Crippen LogP contribution in [0.15, 0.2) is 72.8 Å². The Kier molecular flexibility index (Phi) is 8.76. The molecule has 0 radical (unpaired) electrons. The summed E-state index contributed by atoms with van der Waals surface area (Å²) in [5.41, 5.74) is 4.38. The number of carboxylic acids is 1. The van der Waals surface area contributed by atoms with Gasteiger partial charge in [-0.1, -0.05) is 37.3 Å². The number of aliphatic carboxylic acids is 1. The number of rotatable bonds is 11. The highest BCUT2D eigenvalue weighted by atomic mass is 19.1. The van der Waals surface area contributed by atoms with Crippen LogP contribution in [0.1, 0.15) is 53.8 Å². The molecule has 0 aliphatic heterocycles. The van der Waals surface area contributed by atoms with Crippen LogP contribution < -0.4 is 5.32 Å². The average molecular weight is 516 g/mol. The molecule has 1 heterocycles. The van der Waals surface area contributed by atoms with Gasteiger partial charge in [0.2, 0.25) is 0 Å². The molecule has 0 saturated carbocycles. The number of halogens is 1. The fourth-order valence-corrected chi connectivity index (χ4v) is 4.32. The number of carbonyl (C=O) groups excluding carboxylic acids is 1. The number of amides is 1. The van der Waals surface area contributed by atoms with Gasteiger partial charge in [0, 0.05) is 17.7 Å². The van der Waals surface area contributed by atoms with E-state index < -0.39 is 11.9 Å². The summed E-state index contributed by atoms with van der Waals surface area (Å²) in [6, 6.07) is 20.2. The maximum absolute atomic E-state index is 13.5. The molecular formula is C30H30FN3O4. The molecule has 38 heavy (non-hydrogen) atoms. The number of aliphatic hydroxyl groups is 1. The predicted molar refractivity (Wildman–Crippen MR) is 143 cm³/mol. The Labute approximate surface area is 220 Å². The molecular weight excluding hydrogens is 485 g/mol. The van der Waals surface area contributed by atoms with E-state index in [9.17, 15) is 24.2 Å². The van der Waals surface area contributed by atoms with E-state index >= 15 is 0 Å². The van der Waals surface area contributed by atoms with Gasteiger partial charge in [-0.3, -0.25) is 9.59 Å². The zero-order valence-electron chi connectivity index (χ0n) is 21.1. The van der Waals surface area contributed by atoms with Crippen molar-refractivity contribution >= 4 is 22.9 Å². The van der Waals surface area contributed by atoms with Crippen LogP contribution in [0, 0.1) is 11.7 Å².